The summed E-state index contributed by atoms with van der Waals surface area (Å²) in [6, 6.07) is 5.09. The van der Waals surface area contributed by atoms with Crippen LogP contribution in [0.3, 0.4) is 0 Å². The van der Waals surface area contributed by atoms with E-state index in [2.05, 4.69) is 10.6 Å². The lowest BCUT2D eigenvalue weighted by Crippen LogP contribution is -2.49. The molecular weight excluding hydrogens is 352 g/mol. The van der Waals surface area contributed by atoms with E-state index in [1.807, 2.05) is 6.92 Å². The summed E-state index contributed by atoms with van der Waals surface area (Å²) in [5, 5.41) is 17.1. The summed E-state index contributed by atoms with van der Waals surface area (Å²) in [5.74, 6) is -0.340. The molecule has 0 bridgehead atoms. The summed E-state index contributed by atoms with van der Waals surface area (Å²) in [7, 11) is 0. The van der Waals surface area contributed by atoms with E-state index in [1.54, 1.807) is 18.2 Å². The first-order valence-electron chi connectivity index (χ1n) is 9.49. The molecule has 2 aliphatic rings. The van der Waals surface area contributed by atoms with Gasteiger partial charge in [-0.3, -0.25) is 9.59 Å². The van der Waals surface area contributed by atoms with Crippen LogP contribution in [0.2, 0.25) is 5.02 Å². The van der Waals surface area contributed by atoms with Crippen molar-refractivity contribution >= 4 is 23.4 Å². The topological polar surface area (TPSA) is 78.4 Å². The number of halogens is 1. The molecule has 0 unspecified atom stereocenters. The minimum Gasteiger partial charge on any atom is -0.391 e. The predicted octanol–water partition coefficient (Wildman–Crippen LogP) is 2.97. The van der Waals surface area contributed by atoms with E-state index in [0.29, 0.717) is 35.9 Å². The second-order valence-electron chi connectivity index (χ2n) is 7.61. The highest BCUT2D eigenvalue weighted by Crippen LogP contribution is 2.27. The normalized spacial score (nSPS) is 26.5. The molecule has 2 amide bonds. The summed E-state index contributed by atoms with van der Waals surface area (Å²) < 4.78 is 0. The van der Waals surface area contributed by atoms with E-state index >= 15 is 0 Å². The van der Waals surface area contributed by atoms with E-state index < -0.39 is 6.10 Å². The molecule has 0 saturated heterocycles. The molecule has 0 radical (unpaired) electrons. The van der Waals surface area contributed by atoms with Crippen LogP contribution in [0, 0.1) is 12.8 Å². The average molecular weight is 379 g/mol. The lowest BCUT2D eigenvalue weighted by atomic mass is 9.83. The Kier molecular flexibility index (Phi) is 6.20. The van der Waals surface area contributed by atoms with E-state index in [4.69, 9.17) is 11.6 Å². The predicted molar refractivity (Wildman–Crippen MR) is 101 cm³/mol. The summed E-state index contributed by atoms with van der Waals surface area (Å²) in [6.07, 6.45) is 5.43. The molecule has 0 aliphatic heterocycles. The maximum atomic E-state index is 12.4. The molecule has 3 atom stereocenters. The molecule has 2 saturated carbocycles. The zero-order valence-corrected chi connectivity index (χ0v) is 15.9. The molecule has 0 aromatic heterocycles. The third-order valence-electron chi connectivity index (χ3n) is 5.63. The second kappa shape index (κ2) is 8.40. The number of carbonyl (C=O) groups is 2. The van der Waals surface area contributed by atoms with Crippen LogP contribution in [-0.2, 0) is 4.79 Å². The van der Waals surface area contributed by atoms with Gasteiger partial charge < -0.3 is 15.7 Å². The van der Waals surface area contributed by atoms with Crippen molar-refractivity contribution < 1.29 is 14.7 Å². The summed E-state index contributed by atoms with van der Waals surface area (Å²) in [4.78, 5) is 24.8. The Morgan fingerprint density at radius 3 is 2.50 bits per heavy atom. The molecule has 0 spiro atoms. The first kappa shape index (κ1) is 19.2. The molecule has 3 rings (SSSR count). The second-order valence-corrected chi connectivity index (χ2v) is 8.02. The van der Waals surface area contributed by atoms with Crippen LogP contribution in [0.5, 0.6) is 0 Å². The van der Waals surface area contributed by atoms with Crippen molar-refractivity contribution in [3.63, 3.8) is 0 Å². The number of rotatable bonds is 4. The largest absolute Gasteiger partial charge is 0.391 e. The van der Waals surface area contributed by atoms with Gasteiger partial charge in [0, 0.05) is 22.5 Å². The Morgan fingerprint density at radius 1 is 1.12 bits per heavy atom. The Hall–Kier alpha value is -1.59. The number of aliphatic hydroxyl groups excluding tert-OH is 1. The van der Waals surface area contributed by atoms with Gasteiger partial charge in [0.05, 0.1) is 12.1 Å². The van der Waals surface area contributed by atoms with Gasteiger partial charge in [-0.25, -0.2) is 0 Å². The number of aliphatic hydroxyl groups is 1. The maximum Gasteiger partial charge on any atom is 0.251 e. The zero-order valence-electron chi connectivity index (χ0n) is 15.1. The van der Waals surface area contributed by atoms with Gasteiger partial charge in [0.2, 0.25) is 5.91 Å². The molecular formula is C20H27ClN2O3. The molecule has 6 heteroatoms. The Bertz CT molecular complexity index is 673. The van der Waals surface area contributed by atoms with Crippen molar-refractivity contribution in [1.29, 1.82) is 0 Å². The fraction of sp³-hybridized carbons (Fsp3) is 0.600. The van der Waals surface area contributed by atoms with Crippen LogP contribution in [0.25, 0.3) is 0 Å². The third-order valence-corrected chi connectivity index (χ3v) is 6.05. The smallest absolute Gasteiger partial charge is 0.251 e. The number of hydrogen-bond donors (Lipinski definition) is 3. The number of benzene rings is 1. The minimum atomic E-state index is -0.708. The van der Waals surface area contributed by atoms with Gasteiger partial charge in [-0.2, -0.15) is 0 Å². The fourth-order valence-electron chi connectivity index (χ4n) is 3.98. The maximum absolute atomic E-state index is 12.4. The molecule has 5 nitrogen and oxygen atoms in total. The number of hydrogen-bond acceptors (Lipinski definition) is 3. The summed E-state index contributed by atoms with van der Waals surface area (Å²) in [6.45, 7) is 1.85. The number of amides is 2. The van der Waals surface area contributed by atoms with Gasteiger partial charge in [-0.05, 0) is 62.8 Å². The standard InChI is InChI=1S/C20H27ClN2O3/c1-12-10-13(6-8-16(12)21)20(26)23-17-9-7-14(11-18(17)24)19(25)22-15-4-2-3-5-15/h6,8,10,14-15,17-18,24H,2-5,7,9,11H2,1H3,(H,22,25)(H,23,26)/t14-,17+,18+/m0/s1. The number of nitrogens with one attached hydrogen (secondary N) is 2. The molecule has 2 fully saturated rings. The van der Waals surface area contributed by atoms with Crippen molar-refractivity contribution in [2.45, 2.75) is 70.1 Å². The quantitative estimate of drug-likeness (QED) is 0.753. The van der Waals surface area contributed by atoms with E-state index in [-0.39, 0.29) is 23.8 Å². The lowest BCUT2D eigenvalue weighted by molar-refractivity contribution is -0.128. The van der Waals surface area contributed by atoms with Crippen LogP contribution < -0.4 is 10.6 Å². The highest BCUT2D eigenvalue weighted by molar-refractivity contribution is 6.31. The van der Waals surface area contributed by atoms with Gasteiger partial charge in [0.1, 0.15) is 0 Å². The van der Waals surface area contributed by atoms with Crippen LogP contribution in [-0.4, -0.2) is 35.1 Å². The van der Waals surface area contributed by atoms with Gasteiger partial charge in [-0.15, -0.1) is 0 Å². The van der Waals surface area contributed by atoms with Crippen LogP contribution >= 0.6 is 11.6 Å². The first-order chi connectivity index (χ1) is 12.4. The Labute approximate surface area is 159 Å². The lowest BCUT2D eigenvalue weighted by Gasteiger charge is -2.33. The first-order valence-corrected chi connectivity index (χ1v) is 9.87. The molecule has 26 heavy (non-hydrogen) atoms. The Balaban J connectivity index is 1.52. The van der Waals surface area contributed by atoms with Gasteiger partial charge >= 0.3 is 0 Å². The van der Waals surface area contributed by atoms with Crippen LogP contribution in [0.15, 0.2) is 18.2 Å². The van der Waals surface area contributed by atoms with Crippen molar-refractivity contribution in [3.05, 3.63) is 34.3 Å². The molecule has 1 aromatic rings. The summed E-state index contributed by atoms with van der Waals surface area (Å²) >= 11 is 6.00. The van der Waals surface area contributed by atoms with Crippen molar-refractivity contribution in [3.8, 4) is 0 Å². The van der Waals surface area contributed by atoms with Crippen LogP contribution in [0.1, 0.15) is 60.9 Å². The fourth-order valence-corrected chi connectivity index (χ4v) is 4.10. The molecule has 142 valence electrons. The van der Waals surface area contributed by atoms with Gasteiger partial charge in [0.25, 0.3) is 5.91 Å². The van der Waals surface area contributed by atoms with E-state index in [1.165, 1.54) is 12.8 Å². The Morgan fingerprint density at radius 2 is 1.85 bits per heavy atom. The molecule has 1 aromatic carbocycles. The zero-order chi connectivity index (χ0) is 18.7. The van der Waals surface area contributed by atoms with Crippen LogP contribution in [0.4, 0.5) is 0 Å². The summed E-state index contributed by atoms with van der Waals surface area (Å²) in [5.41, 5.74) is 1.37. The number of aryl methyl sites for hydroxylation is 1. The SMILES string of the molecule is Cc1cc(C(=O)N[C@@H]2CC[C@H](C(=O)NC3CCCC3)C[C@H]2O)ccc1Cl. The van der Waals surface area contributed by atoms with Gasteiger partial charge in [-0.1, -0.05) is 24.4 Å². The van der Waals surface area contributed by atoms with E-state index in [0.717, 1.165) is 18.4 Å². The third kappa shape index (κ3) is 4.57. The molecule has 0 heterocycles. The highest BCUT2D eigenvalue weighted by atomic mass is 35.5. The van der Waals surface area contributed by atoms with Gasteiger partial charge in [0.15, 0.2) is 0 Å². The minimum absolute atomic E-state index is 0.0500. The van der Waals surface area contributed by atoms with E-state index in [9.17, 15) is 14.7 Å². The monoisotopic (exact) mass is 378 g/mol. The number of carbonyl (C=O) groups excluding carboxylic acids is 2. The van der Waals surface area contributed by atoms with Crippen molar-refractivity contribution in [2.75, 3.05) is 0 Å². The molecule has 3 N–H and O–H groups in total. The van der Waals surface area contributed by atoms with Crippen molar-refractivity contribution in [2.24, 2.45) is 5.92 Å². The van der Waals surface area contributed by atoms with Crippen molar-refractivity contribution in [1.82, 2.24) is 10.6 Å². The highest BCUT2D eigenvalue weighted by Gasteiger charge is 2.34. The molecule has 2 aliphatic carbocycles. The average Bonchev–Trinajstić information content (AvgIpc) is 3.12.